The fourth-order valence-electron chi connectivity index (χ4n) is 4.29. The van der Waals surface area contributed by atoms with Crippen molar-refractivity contribution >= 4 is 5.97 Å². The first-order valence-corrected chi connectivity index (χ1v) is 10.6. The first kappa shape index (κ1) is 19.5. The summed E-state index contributed by atoms with van der Waals surface area (Å²) in [5.41, 5.74) is 0. The normalized spacial score (nSPS) is 24.6. The molecule has 1 saturated carbocycles. The Kier molecular flexibility index (Phi) is 9.53. The molecule has 138 valence electrons. The van der Waals surface area contributed by atoms with Crippen LogP contribution < -0.4 is 0 Å². The Balaban J connectivity index is 1.33. The van der Waals surface area contributed by atoms with Gasteiger partial charge < -0.3 is 4.74 Å². The Bertz CT molecular complexity index is 374. The molecule has 2 aliphatic rings. The van der Waals surface area contributed by atoms with Gasteiger partial charge in [-0.2, -0.15) is 0 Å². The number of rotatable bonds is 14. The lowest BCUT2D eigenvalue weighted by Crippen LogP contribution is -2.17. The van der Waals surface area contributed by atoms with E-state index in [0.717, 1.165) is 12.3 Å². The molecule has 2 aliphatic carbocycles. The molecule has 0 spiro atoms. The lowest BCUT2D eigenvalue weighted by atomic mass is 9.95. The van der Waals surface area contributed by atoms with Crippen molar-refractivity contribution in [2.24, 2.45) is 17.8 Å². The third-order valence-electron chi connectivity index (χ3n) is 5.86. The van der Waals surface area contributed by atoms with Gasteiger partial charge in [-0.3, -0.25) is 4.79 Å². The first-order chi connectivity index (χ1) is 11.8. The lowest BCUT2D eigenvalue weighted by molar-refractivity contribution is -0.145. The third kappa shape index (κ3) is 7.40. The monoisotopic (exact) mass is 334 g/mol. The molecular weight excluding hydrogens is 296 g/mol. The first-order valence-electron chi connectivity index (χ1n) is 10.6. The van der Waals surface area contributed by atoms with Gasteiger partial charge in [-0.25, -0.2) is 0 Å². The molecule has 0 radical (unpaired) electrons. The van der Waals surface area contributed by atoms with Crippen LogP contribution in [0.2, 0.25) is 0 Å². The van der Waals surface area contributed by atoms with Crippen LogP contribution in [0.1, 0.15) is 96.8 Å². The van der Waals surface area contributed by atoms with Gasteiger partial charge in [0.15, 0.2) is 0 Å². The van der Waals surface area contributed by atoms with E-state index in [0.29, 0.717) is 24.9 Å². The zero-order valence-corrected chi connectivity index (χ0v) is 15.8. The van der Waals surface area contributed by atoms with Crippen LogP contribution in [0.3, 0.4) is 0 Å². The van der Waals surface area contributed by atoms with Crippen LogP contribution in [-0.2, 0) is 9.53 Å². The Morgan fingerprint density at radius 2 is 1.50 bits per heavy atom. The molecule has 2 bridgehead atoms. The van der Waals surface area contributed by atoms with Crippen molar-refractivity contribution in [2.75, 3.05) is 6.61 Å². The smallest absolute Gasteiger partial charge is 0.305 e. The number of unbranched alkanes of at least 4 members (excludes halogenated alkanes) is 10. The number of ether oxygens (including phenoxy) is 1. The summed E-state index contributed by atoms with van der Waals surface area (Å²) >= 11 is 0. The van der Waals surface area contributed by atoms with Crippen molar-refractivity contribution in [1.82, 2.24) is 0 Å². The molecule has 0 aromatic carbocycles. The van der Waals surface area contributed by atoms with Crippen LogP contribution in [-0.4, -0.2) is 12.6 Å². The van der Waals surface area contributed by atoms with Crippen LogP contribution in [0.25, 0.3) is 0 Å². The van der Waals surface area contributed by atoms with Gasteiger partial charge in [-0.1, -0.05) is 83.3 Å². The number of esters is 1. The summed E-state index contributed by atoms with van der Waals surface area (Å²) in [6.45, 7) is 2.92. The highest BCUT2D eigenvalue weighted by Crippen LogP contribution is 2.43. The van der Waals surface area contributed by atoms with Crippen molar-refractivity contribution in [3.8, 4) is 0 Å². The third-order valence-corrected chi connectivity index (χ3v) is 5.86. The minimum absolute atomic E-state index is 0.0256. The van der Waals surface area contributed by atoms with Gasteiger partial charge >= 0.3 is 5.97 Å². The fraction of sp³-hybridized carbons (Fsp3) is 0.864. The molecule has 2 heteroatoms. The molecule has 0 aromatic rings. The number of allylic oxidation sites excluding steroid dienone is 2. The van der Waals surface area contributed by atoms with E-state index in [1.807, 2.05) is 0 Å². The van der Waals surface area contributed by atoms with E-state index in [-0.39, 0.29) is 5.97 Å². The summed E-state index contributed by atoms with van der Waals surface area (Å²) in [5, 5.41) is 0. The molecule has 1 fully saturated rings. The molecule has 2 rings (SSSR count). The minimum Gasteiger partial charge on any atom is -0.465 e. The SMILES string of the molecule is CCCCCCCCCCCCCC(=O)OCC1CC2C=CC1C2. The Morgan fingerprint density at radius 1 is 0.875 bits per heavy atom. The summed E-state index contributed by atoms with van der Waals surface area (Å²) < 4.78 is 5.50. The second-order valence-electron chi connectivity index (χ2n) is 8.01. The highest BCUT2D eigenvalue weighted by atomic mass is 16.5. The van der Waals surface area contributed by atoms with Crippen LogP contribution in [0, 0.1) is 17.8 Å². The number of fused-ring (bicyclic) bond motifs is 2. The van der Waals surface area contributed by atoms with Gasteiger partial charge in [-0.15, -0.1) is 0 Å². The van der Waals surface area contributed by atoms with E-state index in [1.54, 1.807) is 0 Å². The molecule has 3 unspecified atom stereocenters. The molecular formula is C22H38O2. The van der Waals surface area contributed by atoms with Gasteiger partial charge in [0.25, 0.3) is 0 Å². The Labute approximate surface area is 149 Å². The zero-order chi connectivity index (χ0) is 17.0. The standard InChI is InChI=1S/C22H38O2/c1-2-3-4-5-6-7-8-9-10-11-12-13-22(23)24-18-21-17-19-14-15-20(21)16-19/h14-15,19-21H,2-13,16-18H2,1H3. The molecule has 3 atom stereocenters. The molecule has 2 nitrogen and oxygen atoms in total. The van der Waals surface area contributed by atoms with Gasteiger partial charge in [0, 0.05) is 6.42 Å². The topological polar surface area (TPSA) is 26.3 Å². The van der Waals surface area contributed by atoms with Crippen molar-refractivity contribution < 1.29 is 9.53 Å². The predicted octanol–water partition coefficient (Wildman–Crippen LogP) is 6.44. The van der Waals surface area contributed by atoms with Gasteiger partial charge in [0.05, 0.1) is 6.61 Å². The second kappa shape index (κ2) is 11.7. The van der Waals surface area contributed by atoms with Gasteiger partial charge in [0.1, 0.15) is 0 Å². The number of carbonyl (C=O) groups is 1. The van der Waals surface area contributed by atoms with E-state index >= 15 is 0 Å². The van der Waals surface area contributed by atoms with Crippen LogP contribution in [0.15, 0.2) is 12.2 Å². The quantitative estimate of drug-likeness (QED) is 0.207. The molecule has 0 N–H and O–H groups in total. The van der Waals surface area contributed by atoms with Gasteiger partial charge in [-0.05, 0) is 37.0 Å². The Hall–Kier alpha value is -0.790. The molecule has 0 aliphatic heterocycles. The predicted molar refractivity (Wildman–Crippen MR) is 101 cm³/mol. The fourth-order valence-corrected chi connectivity index (χ4v) is 4.29. The summed E-state index contributed by atoms with van der Waals surface area (Å²) in [6.07, 6.45) is 22.3. The molecule has 0 amide bonds. The van der Waals surface area contributed by atoms with Crippen molar-refractivity contribution in [3.63, 3.8) is 0 Å². The van der Waals surface area contributed by atoms with E-state index in [2.05, 4.69) is 19.1 Å². The average molecular weight is 335 g/mol. The maximum atomic E-state index is 11.8. The zero-order valence-electron chi connectivity index (χ0n) is 15.8. The number of hydrogen-bond acceptors (Lipinski definition) is 2. The average Bonchev–Trinajstić information content (AvgIpc) is 3.21. The summed E-state index contributed by atoms with van der Waals surface area (Å²) in [7, 11) is 0. The highest BCUT2D eigenvalue weighted by molar-refractivity contribution is 5.69. The highest BCUT2D eigenvalue weighted by Gasteiger charge is 2.36. The summed E-state index contributed by atoms with van der Waals surface area (Å²) in [5.74, 6) is 2.08. The van der Waals surface area contributed by atoms with Crippen LogP contribution in [0.5, 0.6) is 0 Å². The summed E-state index contributed by atoms with van der Waals surface area (Å²) in [6, 6.07) is 0. The van der Waals surface area contributed by atoms with E-state index in [4.69, 9.17) is 4.74 Å². The molecule has 0 aromatic heterocycles. The van der Waals surface area contributed by atoms with E-state index in [1.165, 1.54) is 77.0 Å². The van der Waals surface area contributed by atoms with Crippen molar-refractivity contribution in [1.29, 1.82) is 0 Å². The molecule has 0 heterocycles. The van der Waals surface area contributed by atoms with Crippen molar-refractivity contribution in [2.45, 2.75) is 96.8 Å². The molecule has 0 saturated heterocycles. The minimum atomic E-state index is 0.0256. The maximum Gasteiger partial charge on any atom is 0.305 e. The number of hydrogen-bond donors (Lipinski definition) is 0. The lowest BCUT2D eigenvalue weighted by Gasteiger charge is -2.17. The van der Waals surface area contributed by atoms with Crippen LogP contribution >= 0.6 is 0 Å². The number of carbonyl (C=O) groups excluding carboxylic acids is 1. The van der Waals surface area contributed by atoms with E-state index < -0.39 is 0 Å². The van der Waals surface area contributed by atoms with E-state index in [9.17, 15) is 4.79 Å². The Morgan fingerprint density at radius 3 is 2.04 bits per heavy atom. The molecule has 24 heavy (non-hydrogen) atoms. The second-order valence-corrected chi connectivity index (χ2v) is 8.01. The van der Waals surface area contributed by atoms with Gasteiger partial charge in [0.2, 0.25) is 0 Å². The van der Waals surface area contributed by atoms with Crippen LogP contribution in [0.4, 0.5) is 0 Å². The summed E-state index contributed by atoms with van der Waals surface area (Å²) in [4.78, 5) is 11.8. The van der Waals surface area contributed by atoms with Crippen molar-refractivity contribution in [3.05, 3.63) is 12.2 Å². The largest absolute Gasteiger partial charge is 0.465 e. The maximum absolute atomic E-state index is 11.8.